The van der Waals surface area contributed by atoms with Crippen LogP contribution in [0, 0.1) is 11.7 Å². The van der Waals surface area contributed by atoms with Gasteiger partial charge in [0.05, 0.1) is 5.69 Å². The van der Waals surface area contributed by atoms with Gasteiger partial charge in [-0.25, -0.2) is 4.39 Å². The van der Waals surface area contributed by atoms with E-state index in [-0.39, 0.29) is 5.82 Å². The van der Waals surface area contributed by atoms with Gasteiger partial charge in [0.1, 0.15) is 5.82 Å². The Labute approximate surface area is 108 Å². The summed E-state index contributed by atoms with van der Waals surface area (Å²) in [5, 5.41) is 3.39. The summed E-state index contributed by atoms with van der Waals surface area (Å²) in [5.74, 6) is 0.679. The van der Waals surface area contributed by atoms with Crippen LogP contribution in [0.4, 0.5) is 10.1 Å². The first kappa shape index (κ1) is 12.0. The van der Waals surface area contributed by atoms with Crippen molar-refractivity contribution in [3.05, 3.63) is 29.6 Å². The quantitative estimate of drug-likeness (QED) is 0.865. The third-order valence-electron chi connectivity index (χ3n) is 4.20. The van der Waals surface area contributed by atoms with E-state index in [9.17, 15) is 4.39 Å². The molecule has 2 aliphatic rings. The molecule has 0 saturated carbocycles. The maximum Gasteiger partial charge on any atom is 0.146 e. The molecule has 98 valence electrons. The second-order valence-corrected chi connectivity index (χ2v) is 5.49. The van der Waals surface area contributed by atoms with Crippen LogP contribution in [0.2, 0.25) is 0 Å². The molecule has 2 heterocycles. The number of benzene rings is 1. The van der Waals surface area contributed by atoms with Crippen molar-refractivity contribution < 1.29 is 4.39 Å². The fourth-order valence-corrected chi connectivity index (χ4v) is 3.25. The molecule has 2 aliphatic heterocycles. The highest BCUT2D eigenvalue weighted by Gasteiger charge is 2.23. The van der Waals surface area contributed by atoms with Crippen molar-refractivity contribution in [2.75, 3.05) is 31.1 Å². The van der Waals surface area contributed by atoms with E-state index in [2.05, 4.69) is 16.3 Å². The molecule has 0 spiro atoms. The van der Waals surface area contributed by atoms with E-state index in [1.807, 2.05) is 6.07 Å². The number of anilines is 1. The van der Waals surface area contributed by atoms with Gasteiger partial charge in [-0.1, -0.05) is 12.1 Å². The number of fused-ring (bicyclic) bond motifs is 1. The van der Waals surface area contributed by atoms with Gasteiger partial charge in [-0.15, -0.1) is 0 Å². The van der Waals surface area contributed by atoms with Gasteiger partial charge < -0.3 is 10.2 Å². The smallest absolute Gasteiger partial charge is 0.146 e. The second-order valence-electron chi connectivity index (χ2n) is 5.49. The first-order valence-electron chi connectivity index (χ1n) is 7.07. The predicted molar refractivity (Wildman–Crippen MR) is 72.5 cm³/mol. The second kappa shape index (κ2) is 5.27. The third-order valence-corrected chi connectivity index (χ3v) is 4.20. The third kappa shape index (κ3) is 2.37. The van der Waals surface area contributed by atoms with Crippen molar-refractivity contribution in [1.29, 1.82) is 0 Å². The maximum atomic E-state index is 14.0. The highest BCUT2D eigenvalue weighted by Crippen LogP contribution is 2.31. The number of hydrogen-bond acceptors (Lipinski definition) is 2. The molecule has 3 rings (SSSR count). The number of hydrogen-bond donors (Lipinski definition) is 1. The normalized spacial score (nSPS) is 20.8. The summed E-state index contributed by atoms with van der Waals surface area (Å²) in [5.41, 5.74) is 2.07. The van der Waals surface area contributed by atoms with E-state index in [4.69, 9.17) is 0 Å². The molecule has 0 atom stereocenters. The van der Waals surface area contributed by atoms with Crippen molar-refractivity contribution in [3.8, 4) is 0 Å². The number of aryl methyl sites for hydroxylation is 1. The van der Waals surface area contributed by atoms with Gasteiger partial charge >= 0.3 is 0 Å². The van der Waals surface area contributed by atoms with Crippen LogP contribution >= 0.6 is 0 Å². The van der Waals surface area contributed by atoms with E-state index in [1.54, 1.807) is 6.07 Å². The lowest BCUT2D eigenvalue weighted by Crippen LogP contribution is -2.39. The Morgan fingerprint density at radius 2 is 2.11 bits per heavy atom. The van der Waals surface area contributed by atoms with Crippen LogP contribution in [0.25, 0.3) is 0 Å². The van der Waals surface area contributed by atoms with Crippen molar-refractivity contribution >= 4 is 5.69 Å². The summed E-state index contributed by atoms with van der Waals surface area (Å²) >= 11 is 0. The Morgan fingerprint density at radius 3 is 2.94 bits per heavy atom. The number of nitrogens with zero attached hydrogens (tertiary/aromatic N) is 1. The number of rotatable bonds is 2. The van der Waals surface area contributed by atoms with Crippen LogP contribution in [-0.2, 0) is 6.42 Å². The van der Waals surface area contributed by atoms with Gasteiger partial charge in [-0.3, -0.25) is 0 Å². The summed E-state index contributed by atoms with van der Waals surface area (Å²) < 4.78 is 14.0. The average molecular weight is 248 g/mol. The highest BCUT2D eigenvalue weighted by atomic mass is 19.1. The van der Waals surface area contributed by atoms with Crippen LogP contribution < -0.4 is 10.2 Å². The Balaban J connectivity index is 1.78. The standard InChI is InChI=1S/C15H21FN2/c16-14-5-1-3-13-4-2-10-18(15(13)14)11-12-6-8-17-9-7-12/h1,3,5,12,17H,2,4,6-11H2. The fourth-order valence-electron chi connectivity index (χ4n) is 3.25. The molecule has 0 aromatic heterocycles. The first-order chi connectivity index (χ1) is 8.84. The zero-order chi connectivity index (χ0) is 12.4. The summed E-state index contributed by atoms with van der Waals surface area (Å²) in [6, 6.07) is 5.51. The van der Waals surface area contributed by atoms with Crippen LogP contribution in [0.1, 0.15) is 24.8 Å². The minimum atomic E-state index is -0.0406. The fraction of sp³-hybridized carbons (Fsp3) is 0.600. The molecule has 1 aromatic carbocycles. The molecular weight excluding hydrogens is 227 g/mol. The lowest BCUT2D eigenvalue weighted by Gasteiger charge is -2.35. The molecule has 0 radical (unpaired) electrons. The zero-order valence-electron chi connectivity index (χ0n) is 10.8. The molecular formula is C15H21FN2. The van der Waals surface area contributed by atoms with Crippen LogP contribution in [0.3, 0.4) is 0 Å². The van der Waals surface area contributed by atoms with E-state index in [0.717, 1.165) is 50.6 Å². The summed E-state index contributed by atoms with van der Waals surface area (Å²) in [6.07, 6.45) is 4.62. The topological polar surface area (TPSA) is 15.3 Å². The Bertz CT molecular complexity index is 413. The van der Waals surface area contributed by atoms with Crippen molar-refractivity contribution in [2.45, 2.75) is 25.7 Å². The summed E-state index contributed by atoms with van der Waals surface area (Å²) in [7, 11) is 0. The van der Waals surface area contributed by atoms with Gasteiger partial charge in [0.2, 0.25) is 0 Å². The Hall–Kier alpha value is -1.09. The maximum absolute atomic E-state index is 14.0. The highest BCUT2D eigenvalue weighted by molar-refractivity contribution is 5.56. The lowest BCUT2D eigenvalue weighted by molar-refractivity contribution is 0.370. The molecule has 0 unspecified atom stereocenters. The molecule has 3 heteroatoms. The van der Waals surface area contributed by atoms with E-state index in [0.29, 0.717) is 0 Å². The molecule has 2 nitrogen and oxygen atoms in total. The summed E-state index contributed by atoms with van der Waals surface area (Å²) in [6.45, 7) is 4.26. The van der Waals surface area contributed by atoms with Gasteiger partial charge in [-0.2, -0.15) is 0 Å². The van der Waals surface area contributed by atoms with Crippen LogP contribution in [0.15, 0.2) is 18.2 Å². The number of nitrogens with one attached hydrogen (secondary N) is 1. The molecule has 1 N–H and O–H groups in total. The molecule has 1 aromatic rings. The molecule has 0 aliphatic carbocycles. The van der Waals surface area contributed by atoms with Gasteiger partial charge in [0, 0.05) is 13.1 Å². The molecule has 1 saturated heterocycles. The minimum Gasteiger partial charge on any atom is -0.369 e. The van der Waals surface area contributed by atoms with Crippen molar-refractivity contribution in [2.24, 2.45) is 5.92 Å². The average Bonchev–Trinajstić information content (AvgIpc) is 2.40. The van der Waals surface area contributed by atoms with E-state index >= 15 is 0 Å². The number of piperidine rings is 1. The van der Waals surface area contributed by atoms with Crippen LogP contribution in [-0.4, -0.2) is 26.2 Å². The van der Waals surface area contributed by atoms with Gasteiger partial charge in [0.25, 0.3) is 0 Å². The molecule has 1 fully saturated rings. The predicted octanol–water partition coefficient (Wildman–Crippen LogP) is 2.58. The summed E-state index contributed by atoms with van der Waals surface area (Å²) in [4.78, 5) is 2.28. The molecule has 0 bridgehead atoms. The van der Waals surface area contributed by atoms with Crippen molar-refractivity contribution in [3.63, 3.8) is 0 Å². The Morgan fingerprint density at radius 1 is 1.28 bits per heavy atom. The molecule has 18 heavy (non-hydrogen) atoms. The first-order valence-corrected chi connectivity index (χ1v) is 7.07. The zero-order valence-corrected chi connectivity index (χ0v) is 10.8. The SMILES string of the molecule is Fc1cccc2c1N(CC1CCNCC1)CCC2. The van der Waals surface area contributed by atoms with Crippen LogP contribution in [0.5, 0.6) is 0 Å². The number of halogens is 1. The monoisotopic (exact) mass is 248 g/mol. The largest absolute Gasteiger partial charge is 0.369 e. The van der Waals surface area contributed by atoms with Gasteiger partial charge in [0.15, 0.2) is 0 Å². The minimum absolute atomic E-state index is 0.0406. The number of para-hydroxylation sites is 1. The van der Waals surface area contributed by atoms with E-state index < -0.39 is 0 Å². The molecule has 0 amide bonds. The van der Waals surface area contributed by atoms with Crippen molar-refractivity contribution in [1.82, 2.24) is 5.32 Å². The Kier molecular flexibility index (Phi) is 3.50. The van der Waals surface area contributed by atoms with Gasteiger partial charge in [-0.05, 0) is 56.3 Å². The lowest BCUT2D eigenvalue weighted by atomic mass is 9.95. The van der Waals surface area contributed by atoms with E-state index in [1.165, 1.54) is 18.4 Å².